The van der Waals surface area contributed by atoms with E-state index in [1.54, 1.807) is 12.4 Å². The molecule has 0 N–H and O–H groups in total. The first-order valence-corrected chi connectivity index (χ1v) is 8.45. The minimum Gasteiger partial charge on any atom is -0.379 e. The molecule has 0 bridgehead atoms. The third kappa shape index (κ3) is 2.71. The summed E-state index contributed by atoms with van der Waals surface area (Å²) >= 11 is 0. The molecule has 2 aliphatic heterocycles. The molecule has 0 unspecified atom stereocenters. The van der Waals surface area contributed by atoms with Gasteiger partial charge >= 0.3 is 0 Å². The molecule has 7 heteroatoms. The van der Waals surface area contributed by atoms with E-state index in [0.29, 0.717) is 26.4 Å². The minimum absolute atomic E-state index is 0.0797. The second kappa shape index (κ2) is 5.40. The lowest BCUT2D eigenvalue weighted by Gasteiger charge is -2.18. The van der Waals surface area contributed by atoms with E-state index in [4.69, 9.17) is 9.47 Å². The third-order valence-corrected chi connectivity index (χ3v) is 5.19. The number of rotatable bonds is 4. The summed E-state index contributed by atoms with van der Waals surface area (Å²) in [5.41, 5.74) is 0.987. The van der Waals surface area contributed by atoms with Gasteiger partial charge < -0.3 is 9.47 Å². The van der Waals surface area contributed by atoms with Gasteiger partial charge in [0.2, 0.25) is 10.0 Å². The fraction of sp³-hybridized carbons (Fsp3) is 0.615. The Kier molecular flexibility index (Phi) is 3.76. The summed E-state index contributed by atoms with van der Waals surface area (Å²) in [6.45, 7) is 1.88. The Morgan fingerprint density at radius 3 is 3.05 bits per heavy atom. The Balaban J connectivity index is 1.68. The van der Waals surface area contributed by atoms with Crippen molar-refractivity contribution in [1.29, 1.82) is 0 Å². The van der Waals surface area contributed by atoms with Crippen molar-refractivity contribution >= 4 is 10.0 Å². The van der Waals surface area contributed by atoms with Crippen molar-refractivity contribution in [2.75, 3.05) is 26.0 Å². The number of hydrogen-bond donors (Lipinski definition) is 0. The molecule has 3 atom stereocenters. The lowest BCUT2D eigenvalue weighted by molar-refractivity contribution is 0.0126. The summed E-state index contributed by atoms with van der Waals surface area (Å²) in [7, 11) is -3.21. The van der Waals surface area contributed by atoms with Gasteiger partial charge in [-0.15, -0.1) is 0 Å². The van der Waals surface area contributed by atoms with E-state index >= 15 is 0 Å². The third-order valence-electron chi connectivity index (χ3n) is 3.91. The van der Waals surface area contributed by atoms with Crippen molar-refractivity contribution in [3.8, 4) is 0 Å². The highest BCUT2D eigenvalue weighted by atomic mass is 32.2. The fourth-order valence-electron chi connectivity index (χ4n) is 2.90. The molecule has 2 fully saturated rings. The summed E-state index contributed by atoms with van der Waals surface area (Å²) in [6.07, 6.45) is 4.60. The predicted molar refractivity (Wildman–Crippen MR) is 72.5 cm³/mol. The van der Waals surface area contributed by atoms with E-state index in [0.717, 1.165) is 5.56 Å². The molecular formula is C13H18N2O4S. The average molecular weight is 298 g/mol. The van der Waals surface area contributed by atoms with E-state index in [2.05, 4.69) is 4.98 Å². The van der Waals surface area contributed by atoms with Crippen molar-refractivity contribution in [2.45, 2.75) is 18.8 Å². The lowest BCUT2D eigenvalue weighted by atomic mass is 10.0. The average Bonchev–Trinajstić information content (AvgIpc) is 2.98. The molecule has 1 aromatic rings. The minimum atomic E-state index is -3.21. The van der Waals surface area contributed by atoms with E-state index in [1.165, 1.54) is 10.6 Å². The quantitative estimate of drug-likeness (QED) is 0.797. The number of ether oxygens (including phenoxy) is 2. The van der Waals surface area contributed by atoms with Crippen LogP contribution in [0.25, 0.3) is 0 Å². The van der Waals surface area contributed by atoms with Gasteiger partial charge in [-0.2, -0.15) is 4.31 Å². The van der Waals surface area contributed by atoms with E-state index < -0.39 is 10.0 Å². The Morgan fingerprint density at radius 1 is 1.50 bits per heavy atom. The van der Waals surface area contributed by atoms with E-state index in [1.807, 2.05) is 12.1 Å². The predicted octanol–water partition coefficient (Wildman–Crippen LogP) is 0.257. The zero-order valence-corrected chi connectivity index (χ0v) is 12.1. The topological polar surface area (TPSA) is 68.7 Å². The highest BCUT2D eigenvalue weighted by Crippen LogP contribution is 2.34. The van der Waals surface area contributed by atoms with Crippen molar-refractivity contribution in [2.24, 2.45) is 5.92 Å². The fourth-order valence-corrected chi connectivity index (χ4v) is 4.03. The van der Waals surface area contributed by atoms with Gasteiger partial charge in [0.05, 0.1) is 38.2 Å². The highest BCUT2D eigenvalue weighted by Gasteiger charge is 2.49. The maximum atomic E-state index is 11.8. The number of hydrogen-bond acceptors (Lipinski definition) is 5. The van der Waals surface area contributed by atoms with Crippen LogP contribution in [-0.2, 0) is 26.1 Å². The van der Waals surface area contributed by atoms with Gasteiger partial charge in [0.1, 0.15) is 0 Å². The molecule has 0 radical (unpaired) electrons. The van der Waals surface area contributed by atoms with Crippen LogP contribution in [0, 0.1) is 5.92 Å². The van der Waals surface area contributed by atoms with E-state index in [-0.39, 0.29) is 18.1 Å². The van der Waals surface area contributed by atoms with Crippen LogP contribution in [0.5, 0.6) is 0 Å². The zero-order valence-electron chi connectivity index (χ0n) is 11.3. The first kappa shape index (κ1) is 13.9. The monoisotopic (exact) mass is 298 g/mol. The number of pyridine rings is 1. The van der Waals surface area contributed by atoms with Crippen LogP contribution in [-0.4, -0.2) is 55.9 Å². The number of aromatic nitrogens is 1. The molecule has 110 valence electrons. The number of sulfonamides is 1. The van der Waals surface area contributed by atoms with Gasteiger partial charge in [0, 0.05) is 24.9 Å². The molecule has 1 aromatic heterocycles. The normalized spacial score (nSPS) is 30.6. The molecule has 0 aliphatic carbocycles. The van der Waals surface area contributed by atoms with Crippen LogP contribution in [0.15, 0.2) is 24.5 Å². The zero-order chi connectivity index (χ0) is 14.2. The lowest BCUT2D eigenvalue weighted by Crippen LogP contribution is -2.37. The first-order chi connectivity index (χ1) is 9.55. The second-order valence-corrected chi connectivity index (χ2v) is 7.25. The summed E-state index contributed by atoms with van der Waals surface area (Å²) in [5.74, 6) is 0.126. The van der Waals surface area contributed by atoms with Crippen molar-refractivity contribution in [3.05, 3.63) is 30.1 Å². The molecule has 0 saturated carbocycles. The SMILES string of the molecule is CS(=O)(=O)N1C[C@@H](OCc2cccnc2)[C@@H]2COC[C@@H]21. The van der Waals surface area contributed by atoms with Gasteiger partial charge in [0.15, 0.2) is 0 Å². The number of fused-ring (bicyclic) bond motifs is 1. The van der Waals surface area contributed by atoms with E-state index in [9.17, 15) is 8.42 Å². The molecular weight excluding hydrogens is 280 g/mol. The Hall–Kier alpha value is -1.02. The Morgan fingerprint density at radius 2 is 2.35 bits per heavy atom. The summed E-state index contributed by atoms with van der Waals surface area (Å²) in [5, 5.41) is 0. The van der Waals surface area contributed by atoms with Crippen LogP contribution in [0.3, 0.4) is 0 Å². The first-order valence-electron chi connectivity index (χ1n) is 6.61. The summed E-state index contributed by atoms with van der Waals surface area (Å²) in [6, 6.07) is 3.72. The highest BCUT2D eigenvalue weighted by molar-refractivity contribution is 7.88. The Bertz CT molecular complexity index is 563. The Labute approximate surface area is 118 Å². The van der Waals surface area contributed by atoms with Gasteiger partial charge in [-0.3, -0.25) is 4.98 Å². The molecule has 2 aliphatic rings. The van der Waals surface area contributed by atoms with Crippen molar-refractivity contribution < 1.29 is 17.9 Å². The number of nitrogens with zero attached hydrogens (tertiary/aromatic N) is 2. The maximum absolute atomic E-state index is 11.8. The van der Waals surface area contributed by atoms with Crippen LogP contribution >= 0.6 is 0 Å². The molecule has 0 amide bonds. The van der Waals surface area contributed by atoms with Gasteiger partial charge in [-0.05, 0) is 11.6 Å². The van der Waals surface area contributed by atoms with Gasteiger partial charge in [-0.25, -0.2) is 8.42 Å². The molecule has 20 heavy (non-hydrogen) atoms. The van der Waals surface area contributed by atoms with Crippen LogP contribution in [0.4, 0.5) is 0 Å². The molecule has 0 spiro atoms. The molecule has 3 heterocycles. The van der Waals surface area contributed by atoms with Crippen LogP contribution < -0.4 is 0 Å². The van der Waals surface area contributed by atoms with Gasteiger partial charge in [0.25, 0.3) is 0 Å². The summed E-state index contributed by atoms with van der Waals surface area (Å²) < 4.78 is 36.4. The molecule has 2 saturated heterocycles. The second-order valence-electron chi connectivity index (χ2n) is 5.31. The molecule has 0 aromatic carbocycles. The van der Waals surface area contributed by atoms with Crippen molar-refractivity contribution in [1.82, 2.24) is 9.29 Å². The van der Waals surface area contributed by atoms with Crippen LogP contribution in [0.1, 0.15) is 5.56 Å². The largest absolute Gasteiger partial charge is 0.379 e. The van der Waals surface area contributed by atoms with Crippen molar-refractivity contribution in [3.63, 3.8) is 0 Å². The smallest absolute Gasteiger partial charge is 0.211 e. The van der Waals surface area contributed by atoms with Crippen LogP contribution in [0.2, 0.25) is 0 Å². The molecule has 3 rings (SSSR count). The van der Waals surface area contributed by atoms with Gasteiger partial charge in [-0.1, -0.05) is 6.07 Å². The standard InChI is InChI=1S/C13H18N2O4S/c1-20(16,17)15-6-13(11-8-18-9-12(11)15)19-7-10-3-2-4-14-5-10/h2-5,11-13H,6-9H2,1H3/t11-,12+,13-/m1/s1. The maximum Gasteiger partial charge on any atom is 0.211 e. The molecule has 6 nitrogen and oxygen atoms in total. The summed E-state index contributed by atoms with van der Waals surface area (Å²) in [4.78, 5) is 4.04.